The van der Waals surface area contributed by atoms with Crippen LogP contribution in [0.2, 0.25) is 0 Å². The van der Waals surface area contributed by atoms with Crippen molar-refractivity contribution in [1.29, 1.82) is 0 Å². The number of aryl methyl sites for hydroxylation is 1. The van der Waals surface area contributed by atoms with Crippen LogP contribution in [-0.2, 0) is 16.1 Å². The first-order valence-corrected chi connectivity index (χ1v) is 8.57. The first kappa shape index (κ1) is 16.2. The van der Waals surface area contributed by atoms with Gasteiger partial charge in [0.1, 0.15) is 12.5 Å². The summed E-state index contributed by atoms with van der Waals surface area (Å²) in [5, 5.41) is 2.95. The summed E-state index contributed by atoms with van der Waals surface area (Å²) in [5.41, 5.74) is 10.3. The Bertz CT molecular complexity index is 889. The summed E-state index contributed by atoms with van der Waals surface area (Å²) in [6.45, 7) is 2.68. The van der Waals surface area contributed by atoms with Gasteiger partial charge in [0.2, 0.25) is 5.91 Å². The monoisotopic (exact) mass is 348 g/mol. The fourth-order valence-electron chi connectivity index (χ4n) is 3.40. The number of hydrogen-bond donors (Lipinski definition) is 3. The van der Waals surface area contributed by atoms with Crippen LogP contribution in [-0.4, -0.2) is 18.4 Å². The van der Waals surface area contributed by atoms with E-state index in [1.807, 2.05) is 60.4 Å². The zero-order valence-electron chi connectivity index (χ0n) is 14.5. The van der Waals surface area contributed by atoms with Crippen molar-refractivity contribution in [2.75, 3.05) is 11.4 Å². The Morgan fingerprint density at radius 1 is 1.15 bits per heavy atom. The van der Waals surface area contributed by atoms with Crippen molar-refractivity contribution in [3.63, 3.8) is 0 Å². The summed E-state index contributed by atoms with van der Waals surface area (Å²) in [5.74, 6) is -0.581. The Balaban J connectivity index is 1.50. The molecule has 2 aliphatic rings. The molecule has 2 aliphatic heterocycles. The minimum absolute atomic E-state index is 0.0899. The van der Waals surface area contributed by atoms with Gasteiger partial charge in [-0.05, 0) is 24.1 Å². The maximum Gasteiger partial charge on any atom is 0.251 e. The van der Waals surface area contributed by atoms with E-state index >= 15 is 0 Å². The zero-order valence-corrected chi connectivity index (χ0v) is 14.5. The Morgan fingerprint density at radius 3 is 2.73 bits per heavy atom. The third-order valence-electron chi connectivity index (χ3n) is 4.74. The van der Waals surface area contributed by atoms with Crippen molar-refractivity contribution in [1.82, 2.24) is 16.2 Å². The van der Waals surface area contributed by atoms with Gasteiger partial charge in [0, 0.05) is 18.4 Å². The molecule has 0 aromatic heterocycles. The lowest BCUT2D eigenvalue weighted by Gasteiger charge is -2.25. The second-order valence-electron chi connectivity index (χ2n) is 6.54. The number of rotatable bonds is 4. The molecule has 0 saturated heterocycles. The van der Waals surface area contributed by atoms with E-state index in [1.165, 1.54) is 5.56 Å². The number of carbonyl (C=O) groups is 2. The van der Waals surface area contributed by atoms with E-state index in [1.54, 1.807) is 6.20 Å². The van der Waals surface area contributed by atoms with Crippen LogP contribution in [0.3, 0.4) is 0 Å². The predicted octanol–water partition coefficient (Wildman–Crippen LogP) is 1.69. The quantitative estimate of drug-likeness (QED) is 0.786. The molecule has 26 heavy (non-hydrogen) atoms. The van der Waals surface area contributed by atoms with Crippen molar-refractivity contribution in [3.8, 4) is 0 Å². The largest absolute Gasteiger partial charge is 0.350 e. The highest BCUT2D eigenvalue weighted by molar-refractivity contribution is 5.95. The first-order chi connectivity index (χ1) is 12.6. The second kappa shape index (κ2) is 6.55. The SMILES string of the molecule is Cc1ccc(CNC(=O)CN2C3=CNNC(=O)C3c3ccccc32)cc1. The number of nitrogens with one attached hydrogen (secondary N) is 3. The number of hydrazine groups is 1. The number of amides is 2. The van der Waals surface area contributed by atoms with Gasteiger partial charge in [-0.25, -0.2) is 0 Å². The number of hydrogen-bond acceptors (Lipinski definition) is 4. The summed E-state index contributed by atoms with van der Waals surface area (Å²) >= 11 is 0. The third kappa shape index (κ3) is 2.90. The molecule has 0 radical (unpaired) electrons. The lowest BCUT2D eigenvalue weighted by atomic mass is 9.98. The van der Waals surface area contributed by atoms with Gasteiger partial charge in [-0.15, -0.1) is 0 Å². The molecule has 6 nitrogen and oxygen atoms in total. The Morgan fingerprint density at radius 2 is 1.92 bits per heavy atom. The van der Waals surface area contributed by atoms with E-state index in [4.69, 9.17) is 0 Å². The normalized spacial score (nSPS) is 17.6. The van der Waals surface area contributed by atoms with Crippen LogP contribution >= 0.6 is 0 Å². The van der Waals surface area contributed by atoms with Crippen molar-refractivity contribution in [2.45, 2.75) is 19.4 Å². The molecule has 0 saturated carbocycles. The highest BCUT2D eigenvalue weighted by Crippen LogP contribution is 2.43. The number of carbonyl (C=O) groups excluding carboxylic acids is 2. The molecule has 2 amide bonds. The molecule has 0 spiro atoms. The summed E-state index contributed by atoms with van der Waals surface area (Å²) < 4.78 is 0. The van der Waals surface area contributed by atoms with Crippen LogP contribution in [0.25, 0.3) is 0 Å². The van der Waals surface area contributed by atoms with E-state index in [2.05, 4.69) is 16.2 Å². The van der Waals surface area contributed by atoms with Crippen LogP contribution in [0.1, 0.15) is 22.6 Å². The van der Waals surface area contributed by atoms with Crippen LogP contribution in [0, 0.1) is 6.92 Å². The van der Waals surface area contributed by atoms with Crippen molar-refractivity contribution < 1.29 is 9.59 Å². The van der Waals surface area contributed by atoms with Gasteiger partial charge in [-0.2, -0.15) is 0 Å². The molecule has 2 heterocycles. The number of benzene rings is 2. The van der Waals surface area contributed by atoms with Crippen molar-refractivity contribution in [3.05, 3.63) is 77.1 Å². The second-order valence-corrected chi connectivity index (χ2v) is 6.54. The van der Waals surface area contributed by atoms with Crippen LogP contribution < -0.4 is 21.1 Å². The average molecular weight is 348 g/mol. The van der Waals surface area contributed by atoms with Gasteiger partial charge in [-0.3, -0.25) is 15.0 Å². The average Bonchev–Trinajstić information content (AvgIpc) is 2.97. The highest BCUT2D eigenvalue weighted by Gasteiger charge is 2.40. The minimum atomic E-state index is -0.377. The molecule has 1 unspecified atom stereocenters. The van der Waals surface area contributed by atoms with Gasteiger partial charge in [0.05, 0.1) is 5.70 Å². The van der Waals surface area contributed by atoms with E-state index in [9.17, 15) is 9.59 Å². The Kier molecular flexibility index (Phi) is 4.08. The van der Waals surface area contributed by atoms with E-state index in [0.717, 1.165) is 22.5 Å². The van der Waals surface area contributed by atoms with E-state index in [-0.39, 0.29) is 24.3 Å². The molecule has 132 valence electrons. The van der Waals surface area contributed by atoms with Gasteiger partial charge < -0.3 is 15.6 Å². The number of nitrogens with zero attached hydrogens (tertiary/aromatic N) is 1. The van der Waals surface area contributed by atoms with E-state index < -0.39 is 0 Å². The molecule has 4 rings (SSSR count). The van der Waals surface area contributed by atoms with Crippen molar-refractivity contribution in [2.24, 2.45) is 0 Å². The summed E-state index contributed by atoms with van der Waals surface area (Å²) in [4.78, 5) is 26.7. The molecule has 0 fully saturated rings. The standard InChI is InChI=1S/C20H20N4O2/c1-13-6-8-14(9-7-13)10-21-18(25)12-24-16-5-3-2-4-15(16)19-17(24)11-22-23-20(19)26/h2-9,11,19,22H,10,12H2,1H3,(H,21,25)(H,23,26). The molecular formula is C20H20N4O2. The lowest BCUT2D eigenvalue weighted by molar-refractivity contribution is -0.123. The van der Waals surface area contributed by atoms with Gasteiger partial charge in [-0.1, -0.05) is 48.0 Å². The van der Waals surface area contributed by atoms with Crippen LogP contribution in [0.15, 0.2) is 60.4 Å². The number of para-hydroxylation sites is 1. The fraction of sp³-hybridized carbons (Fsp3) is 0.200. The highest BCUT2D eigenvalue weighted by atomic mass is 16.2. The zero-order chi connectivity index (χ0) is 18.1. The van der Waals surface area contributed by atoms with Crippen molar-refractivity contribution >= 4 is 17.5 Å². The molecule has 6 heteroatoms. The topological polar surface area (TPSA) is 73.5 Å². The van der Waals surface area contributed by atoms with Crippen LogP contribution in [0.5, 0.6) is 0 Å². The van der Waals surface area contributed by atoms with Gasteiger partial charge in [0.25, 0.3) is 5.91 Å². The van der Waals surface area contributed by atoms with E-state index in [0.29, 0.717) is 6.54 Å². The van der Waals surface area contributed by atoms with Gasteiger partial charge >= 0.3 is 0 Å². The smallest absolute Gasteiger partial charge is 0.251 e. The molecule has 0 bridgehead atoms. The molecule has 2 aromatic carbocycles. The Hall–Kier alpha value is -3.28. The Labute approximate surface area is 151 Å². The maximum absolute atomic E-state index is 12.5. The van der Waals surface area contributed by atoms with Gasteiger partial charge in [0.15, 0.2) is 0 Å². The fourth-order valence-corrected chi connectivity index (χ4v) is 3.40. The molecule has 1 atom stereocenters. The predicted molar refractivity (Wildman–Crippen MR) is 98.9 cm³/mol. The molecular weight excluding hydrogens is 328 g/mol. The molecule has 0 aliphatic carbocycles. The van der Waals surface area contributed by atoms with Crippen LogP contribution in [0.4, 0.5) is 5.69 Å². The minimum Gasteiger partial charge on any atom is -0.350 e. The molecule has 3 N–H and O–H groups in total. The summed E-state index contributed by atoms with van der Waals surface area (Å²) in [6.07, 6.45) is 1.75. The molecule has 2 aromatic rings. The number of anilines is 1. The number of fused-ring (bicyclic) bond motifs is 3. The third-order valence-corrected chi connectivity index (χ3v) is 4.74. The first-order valence-electron chi connectivity index (χ1n) is 8.57. The summed E-state index contributed by atoms with van der Waals surface area (Å²) in [6, 6.07) is 15.8. The maximum atomic E-state index is 12.5. The lowest BCUT2D eigenvalue weighted by Crippen LogP contribution is -2.44. The summed E-state index contributed by atoms with van der Waals surface area (Å²) in [7, 11) is 0.